The van der Waals surface area contributed by atoms with Gasteiger partial charge in [0.05, 0.1) is 11.1 Å². The van der Waals surface area contributed by atoms with E-state index in [9.17, 15) is 18.3 Å². The van der Waals surface area contributed by atoms with Crippen LogP contribution in [0.1, 0.15) is 25.5 Å². The first-order valence-corrected chi connectivity index (χ1v) is 9.24. The zero-order chi connectivity index (χ0) is 20.8. The quantitative estimate of drug-likeness (QED) is 0.420. The van der Waals surface area contributed by atoms with Gasteiger partial charge in [-0.1, -0.05) is 30.3 Å². The number of rotatable bonds is 3. The van der Waals surface area contributed by atoms with Gasteiger partial charge in [0, 0.05) is 22.6 Å². The minimum atomic E-state index is -4.36. The van der Waals surface area contributed by atoms with Gasteiger partial charge < -0.3 is 5.11 Å². The van der Waals surface area contributed by atoms with Crippen LogP contribution in [0.5, 0.6) is 5.75 Å². The highest BCUT2D eigenvalue weighted by molar-refractivity contribution is 6.01. The van der Waals surface area contributed by atoms with Crippen molar-refractivity contribution >= 4 is 10.9 Å². The molecule has 0 aliphatic carbocycles. The Morgan fingerprint density at radius 2 is 1.48 bits per heavy atom. The molecule has 3 aromatic carbocycles. The van der Waals surface area contributed by atoms with E-state index >= 15 is 0 Å². The molecular formula is C23H19F3N2O. The maximum absolute atomic E-state index is 12.9. The second-order valence-corrected chi connectivity index (χ2v) is 7.21. The molecule has 0 radical (unpaired) electrons. The fourth-order valence-corrected chi connectivity index (χ4v) is 3.47. The topological polar surface area (TPSA) is 38.0 Å². The molecular weight excluding hydrogens is 377 g/mol. The summed E-state index contributed by atoms with van der Waals surface area (Å²) < 4.78 is 40.7. The van der Waals surface area contributed by atoms with Crippen molar-refractivity contribution in [1.29, 1.82) is 0 Å². The molecule has 1 heterocycles. The molecule has 0 spiro atoms. The molecule has 0 saturated heterocycles. The van der Waals surface area contributed by atoms with E-state index in [1.165, 1.54) is 12.1 Å². The van der Waals surface area contributed by atoms with E-state index in [2.05, 4.69) is 0 Å². The summed E-state index contributed by atoms with van der Waals surface area (Å²) in [6.45, 7) is 4.02. The van der Waals surface area contributed by atoms with E-state index < -0.39 is 11.7 Å². The molecule has 1 N–H and O–H groups in total. The predicted molar refractivity (Wildman–Crippen MR) is 108 cm³/mol. The molecule has 0 aliphatic rings. The Morgan fingerprint density at radius 1 is 0.862 bits per heavy atom. The number of halogens is 3. The van der Waals surface area contributed by atoms with Crippen molar-refractivity contribution in [1.82, 2.24) is 9.78 Å². The van der Waals surface area contributed by atoms with E-state index in [-0.39, 0.29) is 11.8 Å². The lowest BCUT2D eigenvalue weighted by molar-refractivity contribution is -0.137. The lowest BCUT2D eigenvalue weighted by Gasteiger charge is -2.12. The predicted octanol–water partition coefficient (Wildman–Crippen LogP) is 6.68. The minimum Gasteiger partial charge on any atom is -0.508 e. The van der Waals surface area contributed by atoms with Crippen LogP contribution in [-0.2, 0) is 6.18 Å². The Balaban J connectivity index is 1.93. The Hall–Kier alpha value is -3.28. The molecule has 6 heteroatoms. The fraction of sp³-hybridized carbons (Fsp3) is 0.174. The van der Waals surface area contributed by atoms with Gasteiger partial charge in [-0.2, -0.15) is 18.3 Å². The molecule has 0 unspecified atom stereocenters. The third-order valence-corrected chi connectivity index (χ3v) is 4.88. The summed E-state index contributed by atoms with van der Waals surface area (Å²) in [6.07, 6.45) is -4.36. The van der Waals surface area contributed by atoms with Gasteiger partial charge in [-0.3, -0.25) is 4.68 Å². The number of nitrogens with zero attached hydrogens (tertiary/aromatic N) is 2. The third-order valence-electron chi connectivity index (χ3n) is 4.88. The summed E-state index contributed by atoms with van der Waals surface area (Å²) in [5.74, 6) is 0.173. The number of para-hydroxylation sites is 1. The van der Waals surface area contributed by atoms with E-state index in [1.807, 2.05) is 36.7 Å². The molecule has 0 fully saturated rings. The van der Waals surface area contributed by atoms with Gasteiger partial charge in [0.15, 0.2) is 0 Å². The highest BCUT2D eigenvalue weighted by Crippen LogP contribution is 2.37. The Bertz CT molecular complexity index is 1160. The van der Waals surface area contributed by atoms with Crippen molar-refractivity contribution in [3.8, 4) is 28.1 Å². The van der Waals surface area contributed by atoms with Gasteiger partial charge in [0.25, 0.3) is 0 Å². The summed E-state index contributed by atoms with van der Waals surface area (Å²) >= 11 is 0. The largest absolute Gasteiger partial charge is 0.508 e. The number of hydrogen-bond acceptors (Lipinski definition) is 2. The van der Waals surface area contributed by atoms with Crippen LogP contribution in [0.15, 0.2) is 66.7 Å². The van der Waals surface area contributed by atoms with E-state index in [0.717, 1.165) is 39.9 Å². The number of fused-ring (bicyclic) bond motifs is 1. The number of aromatic hydroxyl groups is 1. The van der Waals surface area contributed by atoms with Crippen LogP contribution in [-0.4, -0.2) is 14.9 Å². The van der Waals surface area contributed by atoms with Gasteiger partial charge >= 0.3 is 6.18 Å². The molecule has 3 nitrogen and oxygen atoms in total. The highest BCUT2D eigenvalue weighted by Gasteiger charge is 2.30. The average Bonchev–Trinajstić information content (AvgIpc) is 3.08. The monoisotopic (exact) mass is 396 g/mol. The van der Waals surface area contributed by atoms with Crippen molar-refractivity contribution < 1.29 is 18.3 Å². The van der Waals surface area contributed by atoms with Crippen molar-refractivity contribution in [3.63, 3.8) is 0 Å². The van der Waals surface area contributed by atoms with Crippen molar-refractivity contribution in [2.45, 2.75) is 26.1 Å². The summed E-state index contributed by atoms with van der Waals surface area (Å²) in [5, 5.41) is 15.3. The van der Waals surface area contributed by atoms with E-state index in [0.29, 0.717) is 5.56 Å². The van der Waals surface area contributed by atoms with Crippen molar-refractivity contribution in [3.05, 3.63) is 72.3 Å². The molecule has 4 aromatic rings. The van der Waals surface area contributed by atoms with Crippen molar-refractivity contribution in [2.75, 3.05) is 0 Å². The molecule has 0 atom stereocenters. The number of phenols is 1. The van der Waals surface area contributed by atoms with Gasteiger partial charge in [-0.25, -0.2) is 0 Å². The van der Waals surface area contributed by atoms with Gasteiger partial charge in [-0.15, -0.1) is 0 Å². The molecule has 0 aliphatic heterocycles. The van der Waals surface area contributed by atoms with Gasteiger partial charge in [-0.05, 0) is 55.8 Å². The lowest BCUT2D eigenvalue weighted by atomic mass is 9.99. The number of phenolic OH excluding ortho intramolecular Hbond substituents is 1. The number of hydrogen-bond donors (Lipinski definition) is 1. The Kier molecular flexibility index (Phi) is 4.57. The number of aromatic nitrogens is 2. The van der Waals surface area contributed by atoms with Crippen LogP contribution in [0, 0.1) is 0 Å². The summed E-state index contributed by atoms with van der Waals surface area (Å²) in [4.78, 5) is 0. The number of benzene rings is 3. The van der Waals surface area contributed by atoms with Gasteiger partial charge in [0.2, 0.25) is 0 Å². The first-order chi connectivity index (χ1) is 13.8. The maximum atomic E-state index is 12.9. The molecule has 4 rings (SSSR count). The van der Waals surface area contributed by atoms with Crippen LogP contribution in [0.25, 0.3) is 33.3 Å². The lowest BCUT2D eigenvalue weighted by Crippen LogP contribution is -2.05. The fourth-order valence-electron chi connectivity index (χ4n) is 3.47. The van der Waals surface area contributed by atoms with E-state index in [4.69, 9.17) is 5.10 Å². The molecule has 0 bridgehead atoms. The minimum absolute atomic E-state index is 0.0546. The smallest absolute Gasteiger partial charge is 0.416 e. The van der Waals surface area contributed by atoms with Crippen LogP contribution < -0.4 is 0 Å². The molecule has 148 valence electrons. The maximum Gasteiger partial charge on any atom is 0.416 e. The summed E-state index contributed by atoms with van der Waals surface area (Å²) in [7, 11) is 0. The van der Waals surface area contributed by atoms with Crippen LogP contribution in [0.4, 0.5) is 13.2 Å². The Labute approximate surface area is 166 Å². The zero-order valence-electron chi connectivity index (χ0n) is 15.9. The zero-order valence-corrected chi connectivity index (χ0v) is 15.9. The van der Waals surface area contributed by atoms with Gasteiger partial charge in [0.1, 0.15) is 11.4 Å². The summed E-state index contributed by atoms with van der Waals surface area (Å²) in [5.41, 5.74) is 3.34. The van der Waals surface area contributed by atoms with Crippen LogP contribution in [0.2, 0.25) is 0 Å². The molecule has 0 saturated carbocycles. The van der Waals surface area contributed by atoms with E-state index in [1.54, 1.807) is 24.3 Å². The standard InChI is InChI=1S/C23H19F3N2O/c1-14(2)28-22-19(15-6-10-17(11-7-15)23(24,25)26)4-3-5-20(22)21(27-28)16-8-12-18(29)13-9-16/h3-14,29H,1-2H3. The number of alkyl halides is 3. The third kappa shape index (κ3) is 3.46. The highest BCUT2D eigenvalue weighted by atomic mass is 19.4. The first-order valence-electron chi connectivity index (χ1n) is 9.24. The van der Waals surface area contributed by atoms with Crippen LogP contribution in [0.3, 0.4) is 0 Å². The molecule has 29 heavy (non-hydrogen) atoms. The van der Waals surface area contributed by atoms with Crippen LogP contribution >= 0.6 is 0 Å². The summed E-state index contributed by atoms with van der Waals surface area (Å²) in [6, 6.07) is 17.8. The normalized spacial score (nSPS) is 12.1. The van der Waals surface area contributed by atoms with Crippen molar-refractivity contribution in [2.24, 2.45) is 0 Å². The first kappa shape index (κ1) is 19.1. The second-order valence-electron chi connectivity index (χ2n) is 7.21. The SMILES string of the molecule is CC(C)n1nc(-c2ccc(O)cc2)c2cccc(-c3ccc(C(F)(F)F)cc3)c21. The average molecular weight is 396 g/mol. The molecule has 1 aromatic heterocycles. The Morgan fingerprint density at radius 3 is 2.07 bits per heavy atom. The molecule has 0 amide bonds. The second kappa shape index (κ2) is 6.95.